The quantitative estimate of drug-likeness (QED) is 0.447. The fraction of sp³-hybridized carbons (Fsp3) is 0.143. The van der Waals surface area contributed by atoms with Crippen LogP contribution in [0.1, 0.15) is 15.2 Å². The number of rotatable bonds is 7. The van der Waals surface area contributed by atoms with Crippen molar-refractivity contribution in [2.45, 2.75) is 12.5 Å². The molecular weight excluding hydrogens is 372 g/mol. The zero-order chi connectivity index (χ0) is 19.3. The van der Waals surface area contributed by atoms with Crippen LogP contribution in [0.4, 0.5) is 0 Å². The van der Waals surface area contributed by atoms with E-state index < -0.39 is 0 Å². The average Bonchev–Trinajstić information content (AvgIpc) is 3.48. The van der Waals surface area contributed by atoms with Gasteiger partial charge in [0.2, 0.25) is 0 Å². The summed E-state index contributed by atoms with van der Waals surface area (Å²) >= 11 is 1.42. The lowest BCUT2D eigenvalue weighted by molar-refractivity contribution is 0.0942. The monoisotopic (exact) mass is 392 g/mol. The molecule has 0 bridgehead atoms. The summed E-state index contributed by atoms with van der Waals surface area (Å²) in [5.41, 5.74) is 9.75. The number of carbonyl (C=O) groups is 1. The van der Waals surface area contributed by atoms with Crippen LogP contribution in [0.15, 0.2) is 71.7 Å². The number of hydrogen-bond acceptors (Lipinski definition) is 5. The Labute approximate surface area is 166 Å². The number of furan rings is 1. The fourth-order valence-electron chi connectivity index (χ4n) is 3.07. The van der Waals surface area contributed by atoms with Crippen LogP contribution in [-0.4, -0.2) is 28.7 Å². The summed E-state index contributed by atoms with van der Waals surface area (Å²) in [4.78, 5) is 14.5. The van der Waals surface area contributed by atoms with E-state index in [1.807, 2.05) is 48.5 Å². The predicted molar refractivity (Wildman–Crippen MR) is 110 cm³/mol. The number of hydrogen-bond donors (Lipinski definition) is 3. The van der Waals surface area contributed by atoms with Gasteiger partial charge in [-0.1, -0.05) is 30.3 Å². The first-order valence-electron chi connectivity index (χ1n) is 8.95. The van der Waals surface area contributed by atoms with Crippen molar-refractivity contribution >= 4 is 17.2 Å². The first-order chi connectivity index (χ1) is 13.7. The Morgan fingerprint density at radius 1 is 1.25 bits per heavy atom. The number of aromatic nitrogens is 2. The van der Waals surface area contributed by atoms with E-state index in [0.29, 0.717) is 17.8 Å². The highest BCUT2D eigenvalue weighted by Gasteiger charge is 2.20. The summed E-state index contributed by atoms with van der Waals surface area (Å²) in [7, 11) is 0. The highest BCUT2D eigenvalue weighted by atomic mass is 32.1. The number of H-pyrrole nitrogens is 1. The number of nitrogens with one attached hydrogen (secondary N) is 2. The number of thiophene rings is 1. The summed E-state index contributed by atoms with van der Waals surface area (Å²) in [5.74, 6) is -0.133. The van der Waals surface area contributed by atoms with E-state index in [9.17, 15) is 4.79 Å². The van der Waals surface area contributed by atoms with E-state index in [0.717, 1.165) is 27.3 Å². The summed E-state index contributed by atoms with van der Waals surface area (Å²) in [6, 6.07) is 15.5. The van der Waals surface area contributed by atoms with Crippen molar-refractivity contribution in [1.29, 1.82) is 0 Å². The molecule has 3 heterocycles. The normalized spacial score (nSPS) is 12.0. The third-order valence-electron chi connectivity index (χ3n) is 4.48. The fourth-order valence-corrected chi connectivity index (χ4v) is 4.12. The van der Waals surface area contributed by atoms with Gasteiger partial charge in [0.1, 0.15) is 0 Å². The van der Waals surface area contributed by atoms with Crippen molar-refractivity contribution in [3.63, 3.8) is 0 Å². The molecule has 4 aromatic rings. The van der Waals surface area contributed by atoms with Crippen LogP contribution in [0.5, 0.6) is 0 Å². The molecule has 6 nitrogen and oxygen atoms in total. The molecule has 0 saturated carbocycles. The minimum atomic E-state index is -0.134. The van der Waals surface area contributed by atoms with Gasteiger partial charge in [-0.2, -0.15) is 5.10 Å². The summed E-state index contributed by atoms with van der Waals surface area (Å²) in [6.07, 6.45) is 5.67. The van der Waals surface area contributed by atoms with E-state index in [4.69, 9.17) is 10.2 Å². The highest BCUT2D eigenvalue weighted by Crippen LogP contribution is 2.38. The van der Waals surface area contributed by atoms with Gasteiger partial charge in [0.25, 0.3) is 5.91 Å². The Morgan fingerprint density at radius 2 is 2.11 bits per heavy atom. The van der Waals surface area contributed by atoms with Crippen LogP contribution in [0.2, 0.25) is 0 Å². The lowest BCUT2D eigenvalue weighted by atomic mass is 10.1. The van der Waals surface area contributed by atoms with Gasteiger partial charge in [-0.15, -0.1) is 11.3 Å². The second-order valence-electron chi connectivity index (χ2n) is 6.43. The molecule has 0 aliphatic heterocycles. The molecule has 1 amide bonds. The molecule has 4 rings (SSSR count). The van der Waals surface area contributed by atoms with Crippen molar-refractivity contribution in [3.8, 4) is 21.7 Å². The first kappa shape index (κ1) is 18.2. The maximum absolute atomic E-state index is 12.9. The van der Waals surface area contributed by atoms with Gasteiger partial charge in [0, 0.05) is 29.9 Å². The molecule has 4 N–H and O–H groups in total. The number of nitrogens with two attached hydrogens (primary N) is 1. The van der Waals surface area contributed by atoms with E-state index in [-0.39, 0.29) is 11.9 Å². The molecule has 0 spiro atoms. The predicted octanol–water partition coefficient (Wildman–Crippen LogP) is 3.70. The van der Waals surface area contributed by atoms with Gasteiger partial charge in [0.05, 0.1) is 28.0 Å². The van der Waals surface area contributed by atoms with Crippen molar-refractivity contribution in [1.82, 2.24) is 15.5 Å². The molecule has 0 radical (unpaired) electrons. The van der Waals surface area contributed by atoms with Crippen LogP contribution < -0.4 is 11.1 Å². The van der Waals surface area contributed by atoms with Gasteiger partial charge in [-0.25, -0.2) is 0 Å². The Morgan fingerprint density at radius 3 is 2.79 bits per heavy atom. The van der Waals surface area contributed by atoms with Crippen LogP contribution >= 0.6 is 11.3 Å². The number of amides is 1. The van der Waals surface area contributed by atoms with E-state index in [1.165, 1.54) is 11.3 Å². The third-order valence-corrected chi connectivity index (χ3v) is 5.65. The molecule has 1 atom stereocenters. The molecule has 1 unspecified atom stereocenters. The van der Waals surface area contributed by atoms with Crippen molar-refractivity contribution < 1.29 is 9.21 Å². The van der Waals surface area contributed by atoms with Crippen LogP contribution in [0.3, 0.4) is 0 Å². The largest absolute Gasteiger partial charge is 0.472 e. The minimum absolute atomic E-state index is 0.133. The lowest BCUT2D eigenvalue weighted by Gasteiger charge is -2.16. The smallest absolute Gasteiger partial charge is 0.261 e. The van der Waals surface area contributed by atoms with Crippen molar-refractivity contribution in [2.24, 2.45) is 5.73 Å². The maximum Gasteiger partial charge on any atom is 0.261 e. The standard InChI is InChI=1S/C21H20N4O2S/c22-12-16(10-14-4-2-1-3-5-14)24-21(26)19-11-17(15-7-9-27-13-15)20(28-19)18-6-8-23-25-18/h1-9,11,13,16H,10,12,22H2,(H,23,25)(H,24,26). The summed E-state index contributed by atoms with van der Waals surface area (Å²) in [6.45, 7) is 0.369. The van der Waals surface area contributed by atoms with Crippen LogP contribution in [0, 0.1) is 0 Å². The molecule has 0 fully saturated rings. The third kappa shape index (κ3) is 3.90. The number of benzene rings is 1. The van der Waals surface area contributed by atoms with E-state index >= 15 is 0 Å². The molecule has 0 aliphatic carbocycles. The van der Waals surface area contributed by atoms with Crippen LogP contribution in [0.25, 0.3) is 21.7 Å². The Balaban J connectivity index is 1.58. The van der Waals surface area contributed by atoms with Gasteiger partial charge in [-0.3, -0.25) is 9.89 Å². The minimum Gasteiger partial charge on any atom is -0.472 e. The molecule has 0 saturated heterocycles. The van der Waals surface area contributed by atoms with E-state index in [1.54, 1.807) is 18.7 Å². The number of nitrogens with zero attached hydrogens (tertiary/aromatic N) is 1. The zero-order valence-electron chi connectivity index (χ0n) is 15.1. The van der Waals surface area contributed by atoms with Gasteiger partial charge < -0.3 is 15.5 Å². The average molecular weight is 392 g/mol. The maximum atomic E-state index is 12.9. The van der Waals surface area contributed by atoms with Gasteiger partial charge >= 0.3 is 0 Å². The molecule has 1 aromatic carbocycles. The zero-order valence-corrected chi connectivity index (χ0v) is 15.9. The molecule has 142 valence electrons. The topological polar surface area (TPSA) is 96.9 Å². The molecule has 0 aliphatic rings. The highest BCUT2D eigenvalue weighted by molar-refractivity contribution is 7.18. The van der Waals surface area contributed by atoms with Gasteiger partial charge in [0.15, 0.2) is 0 Å². The second kappa shape index (κ2) is 8.24. The van der Waals surface area contributed by atoms with Gasteiger partial charge in [-0.05, 0) is 30.2 Å². The van der Waals surface area contributed by atoms with E-state index in [2.05, 4.69) is 15.5 Å². The second-order valence-corrected chi connectivity index (χ2v) is 7.48. The molecule has 3 aromatic heterocycles. The Kier molecular flexibility index (Phi) is 5.36. The SMILES string of the molecule is NCC(Cc1ccccc1)NC(=O)c1cc(-c2ccoc2)c(-c2ccn[nH]2)s1. The molecule has 7 heteroatoms. The van der Waals surface area contributed by atoms with Crippen molar-refractivity contribution in [3.05, 3.63) is 77.7 Å². The molecular formula is C21H20N4O2S. The molecule has 28 heavy (non-hydrogen) atoms. The first-order valence-corrected chi connectivity index (χ1v) is 9.77. The lowest BCUT2D eigenvalue weighted by Crippen LogP contribution is -2.41. The van der Waals surface area contributed by atoms with Crippen molar-refractivity contribution in [2.75, 3.05) is 6.54 Å². The Hall–Kier alpha value is -3.16. The number of carbonyl (C=O) groups excluding carboxylic acids is 1. The Bertz CT molecular complexity index is 972. The number of aromatic amines is 1. The van der Waals surface area contributed by atoms with Crippen LogP contribution in [-0.2, 0) is 6.42 Å². The summed E-state index contributed by atoms with van der Waals surface area (Å²) in [5, 5.41) is 10.1. The summed E-state index contributed by atoms with van der Waals surface area (Å²) < 4.78 is 5.22.